The zero-order chi connectivity index (χ0) is 16.6. The molecule has 3 rings (SSSR count). The zero-order valence-corrected chi connectivity index (χ0v) is 12.1. The zero-order valence-electron chi connectivity index (χ0n) is 12.1. The Hall–Kier alpha value is -3.35. The van der Waals surface area contributed by atoms with Crippen LogP contribution in [0, 0.1) is 10.1 Å². The van der Waals surface area contributed by atoms with Gasteiger partial charge in [0, 0.05) is 19.2 Å². The van der Waals surface area contributed by atoms with E-state index in [-0.39, 0.29) is 28.7 Å². The fourth-order valence-corrected chi connectivity index (χ4v) is 2.33. The van der Waals surface area contributed by atoms with Crippen LogP contribution in [0.3, 0.4) is 0 Å². The molecule has 0 aliphatic carbocycles. The molecule has 7 heteroatoms. The molecule has 0 aromatic heterocycles. The van der Waals surface area contributed by atoms with Crippen LogP contribution in [0.1, 0.15) is 15.9 Å². The van der Waals surface area contributed by atoms with Gasteiger partial charge >= 0.3 is 0 Å². The lowest BCUT2D eigenvalue weighted by Gasteiger charge is -2.03. The molecule has 0 saturated carbocycles. The summed E-state index contributed by atoms with van der Waals surface area (Å²) >= 11 is 0. The van der Waals surface area contributed by atoms with Crippen molar-refractivity contribution in [1.29, 1.82) is 0 Å². The quantitative estimate of drug-likeness (QED) is 0.513. The maximum Gasteiger partial charge on any atom is 0.292 e. The molecule has 0 saturated heterocycles. The molecule has 0 unspecified atom stereocenters. The van der Waals surface area contributed by atoms with Crippen molar-refractivity contribution in [2.75, 3.05) is 12.4 Å². The van der Waals surface area contributed by atoms with Gasteiger partial charge in [-0.3, -0.25) is 14.9 Å². The minimum Gasteiger partial charge on any atom is -0.508 e. The normalized spacial score (nSPS) is 14.5. The van der Waals surface area contributed by atoms with Crippen molar-refractivity contribution in [2.24, 2.45) is 0 Å². The minimum atomic E-state index is -0.502. The Labute approximate surface area is 131 Å². The molecule has 0 amide bonds. The summed E-state index contributed by atoms with van der Waals surface area (Å²) in [6, 6.07) is 8.78. The molecule has 23 heavy (non-hydrogen) atoms. The first-order chi connectivity index (χ1) is 11.0. The van der Waals surface area contributed by atoms with E-state index in [0.717, 1.165) is 0 Å². The predicted molar refractivity (Wildman–Crippen MR) is 83.7 cm³/mol. The highest BCUT2D eigenvalue weighted by molar-refractivity contribution is 6.14. The largest absolute Gasteiger partial charge is 0.508 e. The molecule has 0 bridgehead atoms. The molecule has 0 radical (unpaired) electrons. The standard InChI is InChI=1S/C16H12N2O5/c1-17-12-5-2-9(6-13(12)18(21)22)7-15-16(20)11-4-3-10(19)8-14(11)23-15/h2-8,17,19H,1H3/b15-7-. The van der Waals surface area contributed by atoms with Crippen molar-refractivity contribution in [1.82, 2.24) is 0 Å². The highest BCUT2D eigenvalue weighted by Gasteiger charge is 2.27. The van der Waals surface area contributed by atoms with Gasteiger partial charge in [-0.2, -0.15) is 0 Å². The van der Waals surface area contributed by atoms with Crippen LogP contribution < -0.4 is 10.1 Å². The molecule has 2 aromatic carbocycles. The number of nitro groups is 1. The van der Waals surface area contributed by atoms with Crippen LogP contribution in [0.15, 0.2) is 42.2 Å². The minimum absolute atomic E-state index is 0.00758. The van der Waals surface area contributed by atoms with Gasteiger partial charge in [0.05, 0.1) is 10.5 Å². The molecule has 0 spiro atoms. The predicted octanol–water partition coefficient (Wildman–Crippen LogP) is 2.96. The number of ether oxygens (including phenoxy) is 1. The van der Waals surface area contributed by atoms with Gasteiger partial charge in [-0.05, 0) is 29.8 Å². The number of Topliss-reactive ketones (excluding diaryl/α,β-unsaturated/α-hetero) is 1. The van der Waals surface area contributed by atoms with Crippen LogP contribution >= 0.6 is 0 Å². The fourth-order valence-electron chi connectivity index (χ4n) is 2.33. The summed E-state index contributed by atoms with van der Waals surface area (Å²) in [7, 11) is 1.59. The Bertz CT molecular complexity index is 858. The summed E-state index contributed by atoms with van der Waals surface area (Å²) in [4.78, 5) is 22.8. The van der Waals surface area contributed by atoms with Gasteiger partial charge in [-0.15, -0.1) is 0 Å². The lowest BCUT2D eigenvalue weighted by molar-refractivity contribution is -0.383. The number of hydrogen-bond acceptors (Lipinski definition) is 6. The second kappa shape index (κ2) is 5.45. The molecule has 2 N–H and O–H groups in total. The van der Waals surface area contributed by atoms with Crippen molar-refractivity contribution in [3.63, 3.8) is 0 Å². The van der Waals surface area contributed by atoms with Crippen molar-refractivity contribution < 1.29 is 19.6 Å². The van der Waals surface area contributed by atoms with Crippen LogP contribution in [0.25, 0.3) is 6.08 Å². The topological polar surface area (TPSA) is 102 Å². The SMILES string of the molecule is CNc1ccc(/C=C2\Oc3cc(O)ccc3C2=O)cc1[N+](=O)[O-]. The third-order valence-corrected chi connectivity index (χ3v) is 3.44. The van der Waals surface area contributed by atoms with Gasteiger partial charge in [-0.25, -0.2) is 0 Å². The molecule has 1 aliphatic heterocycles. The number of aromatic hydroxyl groups is 1. The Morgan fingerprint density at radius 2 is 2.04 bits per heavy atom. The van der Waals surface area contributed by atoms with Crippen molar-refractivity contribution in [2.45, 2.75) is 0 Å². The number of carbonyl (C=O) groups excluding carboxylic acids is 1. The van der Waals surface area contributed by atoms with Gasteiger partial charge in [0.25, 0.3) is 5.69 Å². The molecule has 116 valence electrons. The number of phenols is 1. The smallest absolute Gasteiger partial charge is 0.292 e. The molecule has 1 heterocycles. The number of phenolic OH excluding ortho intramolecular Hbond substituents is 1. The second-order valence-electron chi connectivity index (χ2n) is 4.90. The van der Waals surface area contributed by atoms with E-state index >= 15 is 0 Å². The van der Waals surface area contributed by atoms with Gasteiger partial charge < -0.3 is 15.2 Å². The van der Waals surface area contributed by atoms with Crippen molar-refractivity contribution >= 4 is 23.2 Å². The number of hydrogen-bond donors (Lipinski definition) is 2. The van der Waals surface area contributed by atoms with Crippen LogP contribution in [0.2, 0.25) is 0 Å². The van der Waals surface area contributed by atoms with E-state index in [1.807, 2.05) is 0 Å². The second-order valence-corrected chi connectivity index (χ2v) is 4.90. The summed E-state index contributed by atoms with van der Waals surface area (Å²) in [5, 5.41) is 23.2. The van der Waals surface area contributed by atoms with E-state index in [1.54, 1.807) is 19.2 Å². The number of fused-ring (bicyclic) bond motifs is 1. The third kappa shape index (κ3) is 2.59. The van der Waals surface area contributed by atoms with Gasteiger partial charge in [0.1, 0.15) is 17.2 Å². The fraction of sp³-hybridized carbons (Fsp3) is 0.0625. The van der Waals surface area contributed by atoms with Crippen molar-refractivity contribution in [3.05, 3.63) is 63.4 Å². The number of anilines is 1. The number of carbonyl (C=O) groups is 1. The number of ketones is 1. The first-order valence-electron chi connectivity index (χ1n) is 6.73. The summed E-state index contributed by atoms with van der Waals surface area (Å²) in [6.45, 7) is 0. The molecule has 0 fully saturated rings. The lowest BCUT2D eigenvalue weighted by Crippen LogP contribution is -1.99. The molecule has 2 aromatic rings. The van der Waals surface area contributed by atoms with E-state index in [9.17, 15) is 20.0 Å². The van der Waals surface area contributed by atoms with E-state index in [2.05, 4.69) is 5.32 Å². The molecule has 1 aliphatic rings. The Kier molecular flexibility index (Phi) is 3.46. The van der Waals surface area contributed by atoms with Crippen LogP contribution in [-0.4, -0.2) is 22.9 Å². The lowest BCUT2D eigenvalue weighted by atomic mass is 10.1. The van der Waals surface area contributed by atoms with E-state index in [4.69, 9.17) is 4.74 Å². The number of benzene rings is 2. The van der Waals surface area contributed by atoms with Crippen molar-refractivity contribution in [3.8, 4) is 11.5 Å². The first kappa shape index (κ1) is 14.6. The third-order valence-electron chi connectivity index (χ3n) is 3.44. The van der Waals surface area contributed by atoms with Crippen LogP contribution in [0.4, 0.5) is 11.4 Å². The van der Waals surface area contributed by atoms with Crippen LogP contribution in [0.5, 0.6) is 11.5 Å². The highest BCUT2D eigenvalue weighted by atomic mass is 16.6. The number of nitrogens with zero attached hydrogens (tertiary/aromatic N) is 1. The maximum atomic E-state index is 12.2. The van der Waals surface area contributed by atoms with Gasteiger partial charge in [0.2, 0.25) is 5.78 Å². The monoisotopic (exact) mass is 312 g/mol. The van der Waals surface area contributed by atoms with Gasteiger partial charge in [0.15, 0.2) is 5.76 Å². The summed E-state index contributed by atoms with van der Waals surface area (Å²) in [5.41, 5.74) is 1.10. The van der Waals surface area contributed by atoms with E-state index < -0.39 is 4.92 Å². The summed E-state index contributed by atoms with van der Waals surface area (Å²) < 4.78 is 5.43. The number of rotatable bonds is 3. The van der Waals surface area contributed by atoms with E-state index in [1.165, 1.54) is 30.3 Å². The first-order valence-corrected chi connectivity index (χ1v) is 6.73. The Morgan fingerprint density at radius 3 is 2.74 bits per heavy atom. The molecule has 7 nitrogen and oxygen atoms in total. The molecular weight excluding hydrogens is 300 g/mol. The molecular formula is C16H12N2O5. The average molecular weight is 312 g/mol. The summed E-state index contributed by atoms with van der Waals surface area (Å²) in [5.74, 6) is -0.0214. The van der Waals surface area contributed by atoms with Crippen LogP contribution in [-0.2, 0) is 0 Å². The maximum absolute atomic E-state index is 12.2. The molecule has 0 atom stereocenters. The number of allylic oxidation sites excluding steroid dienone is 1. The highest BCUT2D eigenvalue weighted by Crippen LogP contribution is 2.35. The van der Waals surface area contributed by atoms with E-state index in [0.29, 0.717) is 16.8 Å². The summed E-state index contributed by atoms with van der Waals surface area (Å²) in [6.07, 6.45) is 1.44. The Balaban J connectivity index is 1.99. The average Bonchev–Trinajstić information content (AvgIpc) is 2.82. The van der Waals surface area contributed by atoms with Gasteiger partial charge in [-0.1, -0.05) is 6.07 Å². The number of nitro benzene ring substituents is 1. The number of nitrogens with one attached hydrogen (secondary N) is 1. The Morgan fingerprint density at radius 1 is 1.26 bits per heavy atom.